The van der Waals surface area contributed by atoms with Gasteiger partial charge in [0, 0.05) is 32.1 Å². The molecule has 1 aliphatic heterocycles. The first-order valence-corrected chi connectivity index (χ1v) is 8.52. The zero-order chi connectivity index (χ0) is 14.3. The fourth-order valence-corrected chi connectivity index (χ4v) is 3.43. The van der Waals surface area contributed by atoms with Gasteiger partial charge in [-0.1, -0.05) is 6.92 Å². The Hall–Kier alpha value is -0.890. The molecule has 1 aromatic rings. The van der Waals surface area contributed by atoms with Gasteiger partial charge in [0.25, 0.3) is 10.2 Å². The van der Waals surface area contributed by atoms with Crippen molar-refractivity contribution in [3.05, 3.63) is 23.7 Å². The molecule has 0 bridgehead atoms. The van der Waals surface area contributed by atoms with Gasteiger partial charge >= 0.3 is 0 Å². The lowest BCUT2D eigenvalue weighted by Crippen LogP contribution is -2.50. The highest BCUT2D eigenvalue weighted by molar-refractivity contribution is 7.86. The van der Waals surface area contributed by atoms with Gasteiger partial charge in [0.05, 0.1) is 6.54 Å². The Morgan fingerprint density at radius 3 is 2.50 bits per heavy atom. The molecule has 1 saturated carbocycles. The highest BCUT2D eigenvalue weighted by Crippen LogP contribution is 2.47. The van der Waals surface area contributed by atoms with Crippen molar-refractivity contribution in [1.29, 1.82) is 0 Å². The normalized spacial score (nSPS) is 28.7. The second-order valence-corrected chi connectivity index (χ2v) is 7.39. The fourth-order valence-electron chi connectivity index (χ4n) is 2.76. The minimum Gasteiger partial charge on any atom is -0.464 e. The Morgan fingerprint density at radius 1 is 1.30 bits per heavy atom. The van der Waals surface area contributed by atoms with Crippen molar-refractivity contribution < 1.29 is 12.8 Å². The summed E-state index contributed by atoms with van der Waals surface area (Å²) in [5.74, 6) is 3.40. The van der Waals surface area contributed by atoms with Crippen LogP contribution in [0.25, 0.3) is 0 Å². The van der Waals surface area contributed by atoms with E-state index in [4.69, 9.17) is 9.56 Å². The van der Waals surface area contributed by atoms with Gasteiger partial charge in [0.2, 0.25) is 0 Å². The van der Waals surface area contributed by atoms with Gasteiger partial charge in [-0.05, 0) is 24.5 Å². The second kappa shape index (κ2) is 5.14. The molecule has 2 heterocycles. The summed E-state index contributed by atoms with van der Waals surface area (Å²) in [6.45, 7) is 5.25. The number of hydrogen-bond acceptors (Lipinski definition) is 4. The first kappa shape index (κ1) is 14.1. The van der Waals surface area contributed by atoms with Crippen LogP contribution in [0.2, 0.25) is 0 Å². The van der Waals surface area contributed by atoms with Gasteiger partial charge in [-0.15, -0.1) is 0 Å². The van der Waals surface area contributed by atoms with E-state index in [-0.39, 0.29) is 0 Å². The van der Waals surface area contributed by atoms with Gasteiger partial charge in [-0.3, -0.25) is 4.90 Å². The third-order valence-corrected chi connectivity index (χ3v) is 5.31. The number of rotatable bonds is 4. The molecule has 3 rings (SSSR count). The minimum absolute atomic E-state index is 0.450. The average Bonchev–Trinajstić information content (AvgIpc) is 2.94. The molecular weight excluding hydrogens is 278 g/mol. The smallest absolute Gasteiger partial charge is 0.276 e. The molecule has 0 spiro atoms. The number of nitrogens with two attached hydrogens (primary N) is 1. The van der Waals surface area contributed by atoms with Crippen LogP contribution in [0, 0.1) is 5.92 Å². The Bertz CT molecular complexity index is 575. The van der Waals surface area contributed by atoms with E-state index in [9.17, 15) is 8.42 Å². The summed E-state index contributed by atoms with van der Waals surface area (Å²) < 4.78 is 29.7. The summed E-state index contributed by atoms with van der Waals surface area (Å²) in [7, 11) is -3.54. The fraction of sp³-hybridized carbons (Fsp3) is 0.692. The average molecular weight is 299 g/mol. The summed E-state index contributed by atoms with van der Waals surface area (Å²) in [4.78, 5) is 2.20. The minimum atomic E-state index is -3.54. The van der Waals surface area contributed by atoms with Crippen LogP contribution in [-0.2, 0) is 16.8 Å². The second-order valence-electron chi connectivity index (χ2n) is 5.84. The molecule has 2 N–H and O–H groups in total. The van der Waals surface area contributed by atoms with Gasteiger partial charge in [-0.25, -0.2) is 5.14 Å². The Labute approximate surface area is 119 Å². The summed E-state index contributed by atoms with van der Waals surface area (Å²) >= 11 is 0. The van der Waals surface area contributed by atoms with Crippen molar-refractivity contribution in [1.82, 2.24) is 9.21 Å². The zero-order valence-electron chi connectivity index (χ0n) is 11.7. The van der Waals surface area contributed by atoms with E-state index in [1.54, 1.807) is 0 Å². The molecule has 2 aliphatic rings. The van der Waals surface area contributed by atoms with Crippen molar-refractivity contribution >= 4 is 10.2 Å². The quantitative estimate of drug-likeness (QED) is 0.888. The lowest BCUT2D eigenvalue weighted by atomic mass is 10.3. The maximum atomic E-state index is 11.2. The van der Waals surface area contributed by atoms with E-state index in [1.807, 2.05) is 6.07 Å². The third kappa shape index (κ3) is 3.06. The van der Waals surface area contributed by atoms with Crippen LogP contribution in [0.1, 0.15) is 30.8 Å². The standard InChI is InChI=1S/C13H21N3O3S/c1-10-8-12(10)13-3-2-11(19-13)9-15-4-6-16(7-5-15)20(14,17)18/h2-3,10,12H,4-9H2,1H3,(H2,14,17,18)/t10-,12+/m1/s1. The van der Waals surface area contributed by atoms with Crippen molar-refractivity contribution in [3.8, 4) is 0 Å². The van der Waals surface area contributed by atoms with Crippen LogP contribution in [0.4, 0.5) is 0 Å². The van der Waals surface area contributed by atoms with Crippen LogP contribution >= 0.6 is 0 Å². The van der Waals surface area contributed by atoms with E-state index in [1.165, 1.54) is 10.7 Å². The molecule has 20 heavy (non-hydrogen) atoms. The molecular formula is C13H21N3O3S. The Kier molecular flexibility index (Phi) is 3.62. The van der Waals surface area contributed by atoms with E-state index >= 15 is 0 Å². The number of furan rings is 1. The molecule has 7 heteroatoms. The molecule has 112 valence electrons. The maximum absolute atomic E-state index is 11.2. The SMILES string of the molecule is C[C@@H]1C[C@@H]1c1ccc(CN2CCN(S(N)(=O)=O)CC2)o1. The number of piperazine rings is 1. The predicted molar refractivity (Wildman–Crippen MR) is 75.2 cm³/mol. The summed E-state index contributed by atoms with van der Waals surface area (Å²) in [5.41, 5.74) is 0. The van der Waals surface area contributed by atoms with Gasteiger partial charge in [0.1, 0.15) is 11.5 Å². The molecule has 0 amide bonds. The molecule has 1 aromatic heterocycles. The van der Waals surface area contributed by atoms with Crippen LogP contribution < -0.4 is 5.14 Å². The zero-order valence-corrected chi connectivity index (χ0v) is 12.5. The van der Waals surface area contributed by atoms with Crippen LogP contribution in [0.15, 0.2) is 16.5 Å². The summed E-state index contributed by atoms with van der Waals surface area (Å²) in [6.07, 6.45) is 1.22. The summed E-state index contributed by atoms with van der Waals surface area (Å²) in [6, 6.07) is 4.11. The Morgan fingerprint density at radius 2 is 1.95 bits per heavy atom. The van der Waals surface area contributed by atoms with Crippen LogP contribution in [-0.4, -0.2) is 43.8 Å². The monoisotopic (exact) mass is 299 g/mol. The highest BCUT2D eigenvalue weighted by Gasteiger charge is 2.36. The number of nitrogens with zero attached hydrogens (tertiary/aromatic N) is 2. The molecule has 0 aromatic carbocycles. The highest BCUT2D eigenvalue weighted by atomic mass is 32.2. The van der Waals surface area contributed by atoms with E-state index < -0.39 is 10.2 Å². The molecule has 2 atom stereocenters. The number of hydrogen-bond donors (Lipinski definition) is 1. The van der Waals surface area contributed by atoms with Crippen LogP contribution in [0.3, 0.4) is 0 Å². The largest absolute Gasteiger partial charge is 0.464 e. The predicted octanol–water partition coefficient (Wildman–Crippen LogP) is 0.724. The van der Waals surface area contributed by atoms with Crippen molar-refractivity contribution in [3.63, 3.8) is 0 Å². The first-order chi connectivity index (χ1) is 9.43. The molecule has 0 unspecified atom stereocenters. The van der Waals surface area contributed by atoms with E-state index in [0.29, 0.717) is 32.1 Å². The van der Waals surface area contributed by atoms with Crippen LogP contribution in [0.5, 0.6) is 0 Å². The molecule has 6 nitrogen and oxygen atoms in total. The van der Waals surface area contributed by atoms with Gasteiger partial charge in [-0.2, -0.15) is 12.7 Å². The molecule has 2 fully saturated rings. The first-order valence-electron chi connectivity index (χ1n) is 7.02. The third-order valence-electron chi connectivity index (χ3n) is 4.23. The van der Waals surface area contributed by atoms with Crippen molar-refractivity contribution in [2.45, 2.75) is 25.8 Å². The van der Waals surface area contributed by atoms with Gasteiger partial charge < -0.3 is 4.42 Å². The lowest BCUT2D eigenvalue weighted by molar-refractivity contribution is 0.170. The maximum Gasteiger partial charge on any atom is 0.276 e. The van der Waals surface area contributed by atoms with E-state index in [0.717, 1.165) is 24.0 Å². The Balaban J connectivity index is 1.53. The summed E-state index contributed by atoms with van der Waals surface area (Å²) in [5, 5.41) is 5.13. The van der Waals surface area contributed by atoms with Crippen molar-refractivity contribution in [2.75, 3.05) is 26.2 Å². The van der Waals surface area contributed by atoms with Crippen molar-refractivity contribution in [2.24, 2.45) is 11.1 Å². The molecule has 0 radical (unpaired) electrons. The topological polar surface area (TPSA) is 79.8 Å². The lowest BCUT2D eigenvalue weighted by Gasteiger charge is -2.32. The molecule has 1 saturated heterocycles. The van der Waals surface area contributed by atoms with E-state index in [2.05, 4.69) is 17.9 Å². The van der Waals surface area contributed by atoms with Gasteiger partial charge in [0.15, 0.2) is 0 Å². The molecule has 1 aliphatic carbocycles.